The first kappa shape index (κ1) is 13.5. The molecule has 1 N–H and O–H groups in total. The summed E-state index contributed by atoms with van der Waals surface area (Å²) < 4.78 is 0. The van der Waals surface area contributed by atoms with Crippen LogP contribution < -0.4 is 5.32 Å². The Morgan fingerprint density at radius 2 is 1.83 bits per heavy atom. The van der Waals surface area contributed by atoms with E-state index < -0.39 is 0 Å². The Morgan fingerprint density at radius 1 is 1.17 bits per heavy atom. The lowest BCUT2D eigenvalue weighted by Crippen LogP contribution is -2.29. The molecule has 0 amide bonds. The van der Waals surface area contributed by atoms with Gasteiger partial charge in [0, 0.05) is 11.7 Å². The Labute approximate surface area is 112 Å². The van der Waals surface area contributed by atoms with E-state index in [4.69, 9.17) is 0 Å². The molecular weight excluding hydrogens is 218 g/mol. The Bertz CT molecular complexity index is 382. The van der Waals surface area contributed by atoms with Crippen LogP contribution in [0.4, 0.5) is 5.69 Å². The zero-order chi connectivity index (χ0) is 13.2. The maximum Gasteiger partial charge on any atom is 0.0345 e. The molecule has 1 fully saturated rings. The van der Waals surface area contributed by atoms with Crippen LogP contribution in [0, 0.1) is 5.41 Å². The summed E-state index contributed by atoms with van der Waals surface area (Å²) in [6.45, 7) is 9.29. The number of rotatable bonds is 3. The molecule has 0 unspecified atom stereocenters. The van der Waals surface area contributed by atoms with Crippen LogP contribution in [0.15, 0.2) is 24.3 Å². The van der Waals surface area contributed by atoms with Gasteiger partial charge >= 0.3 is 0 Å². The number of anilines is 1. The summed E-state index contributed by atoms with van der Waals surface area (Å²) in [5.41, 5.74) is 3.28. The number of hydrogen-bond donors (Lipinski definition) is 1. The Hall–Kier alpha value is -0.980. The first-order valence-electron chi connectivity index (χ1n) is 7.33. The highest BCUT2D eigenvalue weighted by Gasteiger charge is 2.26. The lowest BCUT2D eigenvalue weighted by molar-refractivity contribution is 0.232. The first-order valence-corrected chi connectivity index (χ1v) is 7.33. The number of benzene rings is 1. The van der Waals surface area contributed by atoms with Gasteiger partial charge in [0.2, 0.25) is 0 Å². The van der Waals surface area contributed by atoms with Gasteiger partial charge in [0.15, 0.2) is 0 Å². The molecule has 1 heteroatoms. The third kappa shape index (κ3) is 3.51. The minimum Gasteiger partial charge on any atom is -0.382 e. The molecule has 0 aromatic heterocycles. The van der Waals surface area contributed by atoms with E-state index in [1.165, 1.54) is 36.9 Å². The fourth-order valence-corrected chi connectivity index (χ4v) is 2.77. The number of nitrogens with one attached hydrogen (secondary N) is 1. The molecule has 0 saturated heterocycles. The normalized spacial score (nSPS) is 20.1. The van der Waals surface area contributed by atoms with E-state index in [0.29, 0.717) is 17.4 Å². The fourth-order valence-electron chi connectivity index (χ4n) is 2.77. The standard InChI is InChI=1S/C17H27N/c1-13(2)14-6-5-7-16(12-14)18-15-8-10-17(3,4)11-9-15/h5-7,12-13,15,18H,8-11H2,1-4H3. The lowest BCUT2D eigenvalue weighted by Gasteiger charge is -2.35. The molecule has 0 bridgehead atoms. The Balaban J connectivity index is 1.96. The van der Waals surface area contributed by atoms with Crippen LogP contribution in [-0.4, -0.2) is 6.04 Å². The second-order valence-electron chi connectivity index (χ2n) is 6.86. The van der Waals surface area contributed by atoms with Gasteiger partial charge in [0.05, 0.1) is 0 Å². The van der Waals surface area contributed by atoms with Gasteiger partial charge in [0.1, 0.15) is 0 Å². The highest BCUT2D eigenvalue weighted by atomic mass is 14.9. The van der Waals surface area contributed by atoms with Crippen molar-refractivity contribution in [3.8, 4) is 0 Å². The molecule has 1 aromatic carbocycles. The summed E-state index contributed by atoms with van der Waals surface area (Å²) in [4.78, 5) is 0. The van der Waals surface area contributed by atoms with Crippen LogP contribution in [0.1, 0.15) is 64.9 Å². The molecule has 0 heterocycles. The number of hydrogen-bond acceptors (Lipinski definition) is 1. The summed E-state index contributed by atoms with van der Waals surface area (Å²) in [6, 6.07) is 9.57. The molecule has 1 aliphatic carbocycles. The molecule has 1 nitrogen and oxygen atoms in total. The van der Waals surface area contributed by atoms with Crippen molar-refractivity contribution in [2.45, 2.75) is 65.3 Å². The van der Waals surface area contributed by atoms with Crippen molar-refractivity contribution >= 4 is 5.69 Å². The van der Waals surface area contributed by atoms with Gasteiger partial charge in [-0.3, -0.25) is 0 Å². The maximum atomic E-state index is 3.71. The average Bonchev–Trinajstić information content (AvgIpc) is 2.32. The third-order valence-electron chi connectivity index (χ3n) is 4.26. The van der Waals surface area contributed by atoms with Crippen LogP contribution >= 0.6 is 0 Å². The van der Waals surface area contributed by atoms with Gasteiger partial charge < -0.3 is 5.32 Å². The lowest BCUT2D eigenvalue weighted by atomic mass is 9.75. The molecule has 2 rings (SSSR count). The van der Waals surface area contributed by atoms with Crippen molar-refractivity contribution in [2.24, 2.45) is 5.41 Å². The summed E-state index contributed by atoms with van der Waals surface area (Å²) in [7, 11) is 0. The monoisotopic (exact) mass is 245 g/mol. The van der Waals surface area contributed by atoms with Gasteiger partial charge in [-0.2, -0.15) is 0 Å². The minimum absolute atomic E-state index is 0.554. The zero-order valence-corrected chi connectivity index (χ0v) is 12.3. The second-order valence-corrected chi connectivity index (χ2v) is 6.86. The predicted molar refractivity (Wildman–Crippen MR) is 80.2 cm³/mol. The van der Waals surface area contributed by atoms with E-state index in [2.05, 4.69) is 57.3 Å². The topological polar surface area (TPSA) is 12.0 Å². The molecule has 0 atom stereocenters. The summed E-state index contributed by atoms with van der Waals surface area (Å²) in [6.07, 6.45) is 5.29. The van der Waals surface area contributed by atoms with Crippen LogP contribution in [0.2, 0.25) is 0 Å². The van der Waals surface area contributed by atoms with E-state index in [9.17, 15) is 0 Å². The summed E-state index contributed by atoms with van der Waals surface area (Å²) in [5, 5.41) is 3.71. The third-order valence-corrected chi connectivity index (χ3v) is 4.26. The average molecular weight is 245 g/mol. The van der Waals surface area contributed by atoms with Crippen molar-refractivity contribution in [1.82, 2.24) is 0 Å². The molecule has 1 saturated carbocycles. The fraction of sp³-hybridized carbons (Fsp3) is 0.647. The van der Waals surface area contributed by atoms with E-state index in [1.54, 1.807) is 0 Å². The van der Waals surface area contributed by atoms with Crippen LogP contribution in [0.5, 0.6) is 0 Å². The van der Waals surface area contributed by atoms with Gasteiger partial charge in [0.25, 0.3) is 0 Å². The van der Waals surface area contributed by atoms with Gasteiger partial charge in [-0.15, -0.1) is 0 Å². The van der Waals surface area contributed by atoms with Crippen LogP contribution in [0.25, 0.3) is 0 Å². The minimum atomic E-state index is 0.554. The summed E-state index contributed by atoms with van der Waals surface area (Å²) >= 11 is 0. The molecular formula is C17H27N. The SMILES string of the molecule is CC(C)c1cccc(NC2CCC(C)(C)CC2)c1. The zero-order valence-electron chi connectivity index (χ0n) is 12.3. The Morgan fingerprint density at radius 3 is 2.44 bits per heavy atom. The van der Waals surface area contributed by atoms with Crippen LogP contribution in [-0.2, 0) is 0 Å². The molecule has 0 spiro atoms. The summed E-state index contributed by atoms with van der Waals surface area (Å²) in [5.74, 6) is 0.608. The van der Waals surface area contributed by atoms with Gasteiger partial charge in [-0.25, -0.2) is 0 Å². The molecule has 1 aromatic rings. The molecule has 100 valence electrons. The van der Waals surface area contributed by atoms with Gasteiger partial charge in [-0.1, -0.05) is 39.8 Å². The van der Waals surface area contributed by atoms with Crippen molar-refractivity contribution in [3.05, 3.63) is 29.8 Å². The Kier molecular flexibility index (Phi) is 3.99. The smallest absolute Gasteiger partial charge is 0.0345 e. The van der Waals surface area contributed by atoms with Crippen molar-refractivity contribution in [3.63, 3.8) is 0 Å². The van der Waals surface area contributed by atoms with Crippen molar-refractivity contribution < 1.29 is 0 Å². The highest BCUT2D eigenvalue weighted by Crippen LogP contribution is 2.36. The van der Waals surface area contributed by atoms with Crippen molar-refractivity contribution in [2.75, 3.05) is 5.32 Å². The molecule has 1 aliphatic rings. The predicted octanol–water partition coefficient (Wildman–Crippen LogP) is 5.19. The molecule has 0 radical (unpaired) electrons. The quantitative estimate of drug-likeness (QED) is 0.772. The highest BCUT2D eigenvalue weighted by molar-refractivity contribution is 5.47. The maximum absolute atomic E-state index is 3.71. The van der Waals surface area contributed by atoms with Crippen molar-refractivity contribution in [1.29, 1.82) is 0 Å². The van der Waals surface area contributed by atoms with E-state index in [-0.39, 0.29) is 0 Å². The molecule has 18 heavy (non-hydrogen) atoms. The largest absolute Gasteiger partial charge is 0.382 e. The first-order chi connectivity index (χ1) is 8.46. The molecule has 0 aliphatic heterocycles. The van der Waals surface area contributed by atoms with Crippen LogP contribution in [0.3, 0.4) is 0 Å². The van der Waals surface area contributed by atoms with E-state index in [0.717, 1.165) is 0 Å². The van der Waals surface area contributed by atoms with E-state index in [1.807, 2.05) is 0 Å². The van der Waals surface area contributed by atoms with E-state index >= 15 is 0 Å². The van der Waals surface area contributed by atoms with Gasteiger partial charge in [-0.05, 0) is 54.7 Å². The second kappa shape index (κ2) is 5.34.